The van der Waals surface area contributed by atoms with Crippen molar-refractivity contribution in [2.75, 3.05) is 5.32 Å². The van der Waals surface area contributed by atoms with Crippen molar-refractivity contribution in [2.45, 2.75) is 18.2 Å². The fourth-order valence-corrected chi connectivity index (χ4v) is 3.89. The molecular formula is C20H17Cl2N3O3S. The molecule has 0 aliphatic rings. The van der Waals surface area contributed by atoms with E-state index in [2.05, 4.69) is 10.3 Å². The van der Waals surface area contributed by atoms with Crippen LogP contribution in [-0.4, -0.2) is 19.3 Å². The summed E-state index contributed by atoms with van der Waals surface area (Å²) in [5.41, 5.74) is 2.57. The van der Waals surface area contributed by atoms with Crippen LogP contribution in [0.1, 0.15) is 11.1 Å². The summed E-state index contributed by atoms with van der Waals surface area (Å²) in [6, 6.07) is 13.2. The third kappa shape index (κ3) is 5.13. The Labute approximate surface area is 178 Å². The van der Waals surface area contributed by atoms with Gasteiger partial charge in [0.2, 0.25) is 15.9 Å². The number of nitrogens with zero attached hydrogens (tertiary/aromatic N) is 1. The highest BCUT2D eigenvalue weighted by molar-refractivity contribution is 7.89. The summed E-state index contributed by atoms with van der Waals surface area (Å²) in [7, 11) is -4.06. The van der Waals surface area contributed by atoms with Crippen molar-refractivity contribution >= 4 is 44.8 Å². The fourth-order valence-electron chi connectivity index (χ4n) is 2.80. The number of aryl methyl sites for hydroxylation is 1. The first-order valence-electron chi connectivity index (χ1n) is 8.48. The highest BCUT2D eigenvalue weighted by Gasteiger charge is 2.18. The standard InChI is InChI=1S/C20H17Cl2N3O3S/c1-12-8-14(11-24-20(12)22)16-7-6-15(10-18(16)29(23,27)28)25-19(26)9-13-4-2-3-5-17(13)21/h2-8,10-11H,9H2,1H3,(H,25,26)(H2,23,27,28). The van der Waals surface area contributed by atoms with Crippen LogP contribution in [0.25, 0.3) is 11.1 Å². The van der Waals surface area contributed by atoms with Gasteiger partial charge >= 0.3 is 0 Å². The molecule has 0 radical (unpaired) electrons. The number of primary sulfonamides is 1. The van der Waals surface area contributed by atoms with Crippen LogP contribution in [-0.2, 0) is 21.2 Å². The monoisotopic (exact) mass is 449 g/mol. The number of halogens is 2. The minimum absolute atomic E-state index is 0.0480. The molecule has 0 bridgehead atoms. The topological polar surface area (TPSA) is 102 Å². The molecule has 3 N–H and O–H groups in total. The van der Waals surface area contributed by atoms with E-state index in [4.69, 9.17) is 28.3 Å². The van der Waals surface area contributed by atoms with E-state index in [1.165, 1.54) is 12.3 Å². The molecule has 0 fully saturated rings. The van der Waals surface area contributed by atoms with E-state index in [1.807, 2.05) is 0 Å². The molecule has 150 valence electrons. The van der Waals surface area contributed by atoms with Gasteiger partial charge in [0.15, 0.2) is 0 Å². The van der Waals surface area contributed by atoms with Gasteiger partial charge in [-0.25, -0.2) is 18.5 Å². The minimum Gasteiger partial charge on any atom is -0.326 e. The minimum atomic E-state index is -4.06. The molecule has 1 amide bonds. The molecule has 0 saturated heterocycles. The van der Waals surface area contributed by atoms with Gasteiger partial charge in [0.05, 0.1) is 11.3 Å². The summed E-state index contributed by atoms with van der Waals surface area (Å²) in [5.74, 6) is -0.338. The molecule has 0 aliphatic heterocycles. The van der Waals surface area contributed by atoms with Gasteiger partial charge in [-0.1, -0.05) is 47.5 Å². The molecule has 3 aromatic rings. The Bertz CT molecular complexity index is 1200. The molecule has 3 rings (SSSR count). The average Bonchev–Trinajstić information content (AvgIpc) is 2.65. The lowest BCUT2D eigenvalue weighted by Gasteiger charge is -2.12. The predicted octanol–water partition coefficient (Wildman–Crippen LogP) is 4.19. The van der Waals surface area contributed by atoms with Crippen molar-refractivity contribution in [3.05, 3.63) is 76.0 Å². The van der Waals surface area contributed by atoms with Crippen LogP contribution in [0.15, 0.2) is 59.6 Å². The first-order chi connectivity index (χ1) is 13.6. The van der Waals surface area contributed by atoms with Crippen molar-refractivity contribution in [1.82, 2.24) is 4.98 Å². The highest BCUT2D eigenvalue weighted by Crippen LogP contribution is 2.30. The molecule has 2 aromatic carbocycles. The third-order valence-corrected chi connectivity index (χ3v) is 5.92. The van der Waals surface area contributed by atoms with Gasteiger partial charge in [-0.05, 0) is 42.3 Å². The number of benzene rings is 2. The lowest BCUT2D eigenvalue weighted by molar-refractivity contribution is -0.115. The van der Waals surface area contributed by atoms with Crippen molar-refractivity contribution in [1.29, 1.82) is 0 Å². The number of pyridine rings is 1. The number of amides is 1. The molecule has 6 nitrogen and oxygen atoms in total. The van der Waals surface area contributed by atoms with Gasteiger partial charge in [-0.3, -0.25) is 4.79 Å². The van der Waals surface area contributed by atoms with E-state index >= 15 is 0 Å². The molecule has 0 spiro atoms. The van der Waals surface area contributed by atoms with Crippen molar-refractivity contribution < 1.29 is 13.2 Å². The Morgan fingerprint density at radius 3 is 2.52 bits per heavy atom. The Morgan fingerprint density at radius 2 is 1.86 bits per heavy atom. The number of rotatable bonds is 5. The van der Waals surface area contributed by atoms with Crippen LogP contribution in [0.5, 0.6) is 0 Å². The Kier molecular flexibility index (Phi) is 6.24. The van der Waals surface area contributed by atoms with Crippen molar-refractivity contribution in [3.8, 4) is 11.1 Å². The van der Waals surface area contributed by atoms with Gasteiger partial charge < -0.3 is 5.32 Å². The number of aromatic nitrogens is 1. The second kappa shape index (κ2) is 8.51. The summed E-state index contributed by atoms with van der Waals surface area (Å²) in [6.07, 6.45) is 1.52. The van der Waals surface area contributed by atoms with Gasteiger partial charge in [0, 0.05) is 28.0 Å². The molecule has 29 heavy (non-hydrogen) atoms. The Morgan fingerprint density at radius 1 is 1.14 bits per heavy atom. The number of hydrogen-bond acceptors (Lipinski definition) is 4. The van der Waals surface area contributed by atoms with E-state index in [0.29, 0.717) is 38.1 Å². The van der Waals surface area contributed by atoms with E-state index in [1.54, 1.807) is 49.4 Å². The van der Waals surface area contributed by atoms with Crippen LogP contribution in [0.2, 0.25) is 10.2 Å². The smallest absolute Gasteiger partial charge is 0.238 e. The maximum absolute atomic E-state index is 12.4. The summed E-state index contributed by atoms with van der Waals surface area (Å²) < 4.78 is 24.3. The molecule has 1 heterocycles. The van der Waals surface area contributed by atoms with E-state index < -0.39 is 10.0 Å². The number of anilines is 1. The summed E-state index contributed by atoms with van der Waals surface area (Å²) in [6.45, 7) is 1.76. The normalized spacial score (nSPS) is 11.3. The summed E-state index contributed by atoms with van der Waals surface area (Å²) in [5, 5.41) is 8.89. The van der Waals surface area contributed by atoms with E-state index in [9.17, 15) is 13.2 Å². The lowest BCUT2D eigenvalue weighted by Crippen LogP contribution is -2.17. The largest absolute Gasteiger partial charge is 0.326 e. The molecular weight excluding hydrogens is 433 g/mol. The zero-order valence-corrected chi connectivity index (χ0v) is 17.6. The van der Waals surface area contributed by atoms with E-state index in [-0.39, 0.29) is 17.2 Å². The maximum Gasteiger partial charge on any atom is 0.238 e. The molecule has 1 aromatic heterocycles. The highest BCUT2D eigenvalue weighted by atomic mass is 35.5. The molecule has 9 heteroatoms. The number of carbonyl (C=O) groups excluding carboxylic acids is 1. The summed E-state index contributed by atoms with van der Waals surface area (Å²) >= 11 is 12.0. The van der Waals surface area contributed by atoms with Crippen LogP contribution >= 0.6 is 23.2 Å². The average molecular weight is 450 g/mol. The number of sulfonamides is 1. The molecule has 0 unspecified atom stereocenters. The lowest BCUT2D eigenvalue weighted by atomic mass is 10.1. The fraction of sp³-hybridized carbons (Fsp3) is 0.100. The second-order valence-corrected chi connectivity index (χ2v) is 8.70. The van der Waals surface area contributed by atoms with Gasteiger partial charge in [0.1, 0.15) is 5.15 Å². The van der Waals surface area contributed by atoms with E-state index in [0.717, 1.165) is 0 Å². The Balaban J connectivity index is 1.93. The quantitative estimate of drug-likeness (QED) is 0.569. The number of nitrogens with one attached hydrogen (secondary N) is 1. The second-order valence-electron chi connectivity index (χ2n) is 6.40. The SMILES string of the molecule is Cc1cc(-c2ccc(NC(=O)Cc3ccccc3Cl)cc2S(N)(=O)=O)cnc1Cl. The van der Waals surface area contributed by atoms with Crippen molar-refractivity contribution in [3.63, 3.8) is 0 Å². The van der Waals surface area contributed by atoms with Crippen LogP contribution in [0, 0.1) is 6.92 Å². The first kappa shape index (κ1) is 21.3. The van der Waals surface area contributed by atoms with Gasteiger partial charge in [-0.2, -0.15) is 0 Å². The van der Waals surface area contributed by atoms with Crippen LogP contribution < -0.4 is 10.5 Å². The van der Waals surface area contributed by atoms with Crippen LogP contribution in [0.3, 0.4) is 0 Å². The first-order valence-corrected chi connectivity index (χ1v) is 10.8. The molecule has 0 saturated carbocycles. The number of hydrogen-bond donors (Lipinski definition) is 2. The number of nitrogens with two attached hydrogens (primary N) is 1. The summed E-state index contributed by atoms with van der Waals surface area (Å²) in [4.78, 5) is 16.3. The maximum atomic E-state index is 12.4. The van der Waals surface area contributed by atoms with Crippen molar-refractivity contribution in [2.24, 2.45) is 5.14 Å². The zero-order valence-electron chi connectivity index (χ0n) is 15.3. The predicted molar refractivity (Wildman–Crippen MR) is 115 cm³/mol. The van der Waals surface area contributed by atoms with Crippen LogP contribution in [0.4, 0.5) is 5.69 Å². The molecule has 0 aliphatic carbocycles. The number of carbonyl (C=O) groups is 1. The van der Waals surface area contributed by atoms with Gasteiger partial charge in [-0.15, -0.1) is 0 Å². The molecule has 0 atom stereocenters. The third-order valence-electron chi connectivity index (χ3n) is 4.21. The van der Waals surface area contributed by atoms with Gasteiger partial charge in [0.25, 0.3) is 0 Å². The zero-order chi connectivity index (χ0) is 21.2. The Hall–Kier alpha value is -2.45.